The second kappa shape index (κ2) is 10.4. The molecule has 0 saturated heterocycles. The second-order valence-electron chi connectivity index (χ2n) is 7.48. The molecule has 5 nitrogen and oxygen atoms in total. The van der Waals surface area contributed by atoms with Crippen LogP contribution in [0.2, 0.25) is 10.2 Å². The molecule has 2 unspecified atom stereocenters. The molecule has 0 aliphatic heterocycles. The Balaban J connectivity index is 1.86. The predicted octanol–water partition coefficient (Wildman–Crippen LogP) is 6.88. The lowest BCUT2D eigenvalue weighted by Crippen LogP contribution is -2.26. The number of alkyl halides is 3. The molecule has 0 fully saturated rings. The van der Waals surface area contributed by atoms with Gasteiger partial charge in [-0.25, -0.2) is 9.78 Å². The van der Waals surface area contributed by atoms with Crippen LogP contribution >= 0.6 is 23.2 Å². The van der Waals surface area contributed by atoms with Gasteiger partial charge in [0.05, 0.1) is 18.6 Å². The predicted molar refractivity (Wildman–Crippen MR) is 124 cm³/mol. The molecule has 0 spiro atoms. The topological polar surface area (TPSA) is 68.3 Å². The Morgan fingerprint density at radius 2 is 1.76 bits per heavy atom. The number of rotatable bonds is 6. The van der Waals surface area contributed by atoms with E-state index in [1.807, 2.05) is 0 Å². The van der Waals surface area contributed by atoms with Crippen molar-refractivity contribution in [1.29, 1.82) is 0 Å². The molecule has 0 aliphatic rings. The summed E-state index contributed by atoms with van der Waals surface area (Å²) in [4.78, 5) is 28.1. The summed E-state index contributed by atoms with van der Waals surface area (Å²) in [6, 6.07) is 12.7. The number of aromatic nitrogens is 1. The number of hydrogen-bond acceptors (Lipinski definition) is 4. The maximum absolute atomic E-state index is 14.0. The standard InChI is InChI=1S/C24H19Cl2F3N2O3/c1-13(21(24(27,28)29)14-8-9-30-20(26)12-14)18-7-6-15(11-19(18)25)22(32)31-17-5-3-4-16(10-17)23(33)34-2/h3-13,21H,1-2H3,(H,31,32). The number of pyridine rings is 1. The SMILES string of the molecule is COC(=O)c1cccc(NC(=O)c2ccc(C(C)C(c3ccnc(Cl)c3)C(F)(F)F)c(Cl)c2)c1. The number of esters is 1. The van der Waals surface area contributed by atoms with E-state index >= 15 is 0 Å². The van der Waals surface area contributed by atoms with Crippen molar-refractivity contribution in [3.05, 3.63) is 93.2 Å². The van der Waals surface area contributed by atoms with Crippen LogP contribution < -0.4 is 5.32 Å². The number of methoxy groups -OCH3 is 1. The third-order valence-electron chi connectivity index (χ3n) is 5.26. The van der Waals surface area contributed by atoms with E-state index in [0.717, 1.165) is 0 Å². The lowest BCUT2D eigenvalue weighted by atomic mass is 9.82. The first kappa shape index (κ1) is 25.5. The molecule has 0 bridgehead atoms. The summed E-state index contributed by atoms with van der Waals surface area (Å²) in [6.45, 7) is 1.41. The van der Waals surface area contributed by atoms with E-state index in [0.29, 0.717) is 5.69 Å². The molecule has 3 aromatic rings. The van der Waals surface area contributed by atoms with E-state index in [1.165, 1.54) is 62.7 Å². The minimum Gasteiger partial charge on any atom is -0.465 e. The molecule has 2 aromatic carbocycles. The monoisotopic (exact) mass is 510 g/mol. The van der Waals surface area contributed by atoms with Gasteiger partial charge in [-0.1, -0.05) is 42.3 Å². The van der Waals surface area contributed by atoms with E-state index in [-0.39, 0.29) is 32.4 Å². The van der Waals surface area contributed by atoms with E-state index in [1.54, 1.807) is 12.1 Å². The van der Waals surface area contributed by atoms with Gasteiger partial charge >= 0.3 is 12.1 Å². The Labute approximate surface area is 203 Å². The maximum Gasteiger partial charge on any atom is 0.396 e. The number of hydrogen-bond donors (Lipinski definition) is 1. The van der Waals surface area contributed by atoms with Crippen LogP contribution in [0.5, 0.6) is 0 Å². The highest BCUT2D eigenvalue weighted by atomic mass is 35.5. The highest BCUT2D eigenvalue weighted by Crippen LogP contribution is 2.46. The van der Waals surface area contributed by atoms with Crippen molar-refractivity contribution in [2.45, 2.75) is 24.9 Å². The maximum atomic E-state index is 14.0. The van der Waals surface area contributed by atoms with Crippen molar-refractivity contribution < 1.29 is 27.5 Å². The highest BCUT2D eigenvalue weighted by Gasteiger charge is 2.45. The van der Waals surface area contributed by atoms with Crippen LogP contribution in [0.25, 0.3) is 0 Å². The Hall–Kier alpha value is -3.10. The lowest BCUT2D eigenvalue weighted by molar-refractivity contribution is -0.154. The van der Waals surface area contributed by atoms with Gasteiger partial charge in [0.2, 0.25) is 0 Å². The van der Waals surface area contributed by atoms with E-state index in [2.05, 4.69) is 15.0 Å². The molecule has 1 N–H and O–H groups in total. The van der Waals surface area contributed by atoms with Gasteiger partial charge in [-0.3, -0.25) is 4.79 Å². The summed E-state index contributed by atoms with van der Waals surface area (Å²) in [7, 11) is 1.24. The summed E-state index contributed by atoms with van der Waals surface area (Å²) >= 11 is 12.1. The van der Waals surface area contributed by atoms with Crippen molar-refractivity contribution in [3.63, 3.8) is 0 Å². The summed E-state index contributed by atoms with van der Waals surface area (Å²) in [5, 5.41) is 2.59. The molecule has 10 heteroatoms. The number of benzene rings is 2. The van der Waals surface area contributed by atoms with Gasteiger partial charge in [-0.05, 0) is 59.5 Å². The fourth-order valence-corrected chi connectivity index (χ4v) is 4.17. The smallest absolute Gasteiger partial charge is 0.396 e. The molecule has 1 aromatic heterocycles. The molecule has 1 heterocycles. The molecule has 0 radical (unpaired) electrons. The van der Waals surface area contributed by atoms with E-state index in [9.17, 15) is 22.8 Å². The quantitative estimate of drug-likeness (QED) is 0.290. The lowest BCUT2D eigenvalue weighted by Gasteiger charge is -2.28. The van der Waals surface area contributed by atoms with Gasteiger partial charge < -0.3 is 10.1 Å². The van der Waals surface area contributed by atoms with Crippen LogP contribution in [0.1, 0.15) is 50.6 Å². The molecule has 0 aliphatic carbocycles. The molecular weight excluding hydrogens is 492 g/mol. The minimum absolute atomic E-state index is 0.0119. The van der Waals surface area contributed by atoms with Crippen molar-refractivity contribution in [2.75, 3.05) is 12.4 Å². The van der Waals surface area contributed by atoms with Crippen molar-refractivity contribution in [1.82, 2.24) is 4.98 Å². The third kappa shape index (κ3) is 5.87. The zero-order valence-electron chi connectivity index (χ0n) is 18.0. The van der Waals surface area contributed by atoms with Gasteiger partial charge in [-0.2, -0.15) is 13.2 Å². The van der Waals surface area contributed by atoms with E-state index < -0.39 is 29.9 Å². The first-order chi connectivity index (χ1) is 16.0. The largest absolute Gasteiger partial charge is 0.465 e. The van der Waals surface area contributed by atoms with Crippen molar-refractivity contribution in [2.24, 2.45) is 0 Å². The summed E-state index contributed by atoms with van der Waals surface area (Å²) in [5.41, 5.74) is 0.912. The van der Waals surface area contributed by atoms with Crippen LogP contribution in [0.3, 0.4) is 0 Å². The molecule has 0 saturated carbocycles. The Bertz CT molecular complexity index is 1220. The third-order valence-corrected chi connectivity index (χ3v) is 5.79. The zero-order chi connectivity index (χ0) is 25.0. The summed E-state index contributed by atoms with van der Waals surface area (Å²) in [6.07, 6.45) is -3.36. The molecule has 1 amide bonds. The molecule has 3 rings (SSSR count). The number of ether oxygens (including phenoxy) is 1. The highest BCUT2D eigenvalue weighted by molar-refractivity contribution is 6.32. The van der Waals surface area contributed by atoms with Crippen LogP contribution in [-0.4, -0.2) is 30.1 Å². The number of carbonyl (C=O) groups excluding carboxylic acids is 2. The van der Waals surface area contributed by atoms with Crippen LogP contribution in [0.15, 0.2) is 60.8 Å². The number of nitrogens with zero attached hydrogens (tertiary/aromatic N) is 1. The zero-order valence-corrected chi connectivity index (χ0v) is 19.5. The van der Waals surface area contributed by atoms with Gasteiger partial charge in [0.1, 0.15) is 5.15 Å². The number of carbonyl (C=O) groups is 2. The van der Waals surface area contributed by atoms with Crippen LogP contribution in [0.4, 0.5) is 18.9 Å². The number of halogens is 5. The van der Waals surface area contributed by atoms with Gasteiger partial charge in [0, 0.05) is 22.5 Å². The van der Waals surface area contributed by atoms with Gasteiger partial charge in [0.25, 0.3) is 5.91 Å². The van der Waals surface area contributed by atoms with E-state index in [4.69, 9.17) is 23.2 Å². The average molecular weight is 511 g/mol. The number of anilines is 1. The molecular formula is C24H19Cl2F3N2O3. The minimum atomic E-state index is -4.58. The summed E-state index contributed by atoms with van der Waals surface area (Å²) in [5.74, 6) is -4.06. The number of nitrogens with one attached hydrogen (secondary N) is 1. The average Bonchev–Trinajstić information content (AvgIpc) is 2.77. The molecule has 178 valence electrons. The Morgan fingerprint density at radius 1 is 1.03 bits per heavy atom. The Kier molecular flexibility index (Phi) is 7.84. The normalized spacial score (nSPS) is 13.1. The van der Waals surface area contributed by atoms with Gasteiger partial charge in [0.15, 0.2) is 0 Å². The second-order valence-corrected chi connectivity index (χ2v) is 8.28. The van der Waals surface area contributed by atoms with Crippen LogP contribution in [-0.2, 0) is 4.74 Å². The molecule has 2 atom stereocenters. The van der Waals surface area contributed by atoms with Crippen LogP contribution in [0, 0.1) is 0 Å². The number of amides is 1. The first-order valence-corrected chi connectivity index (χ1v) is 10.7. The van der Waals surface area contributed by atoms with Crippen molar-refractivity contribution >= 4 is 40.8 Å². The first-order valence-electron chi connectivity index (χ1n) is 9.98. The summed E-state index contributed by atoms with van der Waals surface area (Å²) < 4.78 is 46.6. The van der Waals surface area contributed by atoms with Crippen molar-refractivity contribution in [3.8, 4) is 0 Å². The van der Waals surface area contributed by atoms with Gasteiger partial charge in [-0.15, -0.1) is 0 Å². The molecule has 34 heavy (non-hydrogen) atoms. The fraction of sp³-hybridized carbons (Fsp3) is 0.208. The fourth-order valence-electron chi connectivity index (χ4n) is 3.63. The Morgan fingerprint density at radius 3 is 2.38 bits per heavy atom.